The van der Waals surface area contributed by atoms with Gasteiger partial charge in [-0.1, -0.05) is 34.8 Å². The molecule has 2 aliphatic rings. The molecule has 2 heterocycles. The number of pyridine rings is 1. The predicted octanol–water partition coefficient (Wildman–Crippen LogP) is 4.64. The highest BCUT2D eigenvalue weighted by Crippen LogP contribution is 2.39. The van der Waals surface area contributed by atoms with Crippen molar-refractivity contribution in [3.63, 3.8) is 0 Å². The maximum absolute atomic E-state index is 15.2. The molecule has 0 spiro atoms. The second kappa shape index (κ2) is 9.18. The van der Waals surface area contributed by atoms with Crippen LogP contribution >= 0.6 is 34.8 Å². The largest absolute Gasteiger partial charge is 0.477 e. The van der Waals surface area contributed by atoms with Gasteiger partial charge in [0.2, 0.25) is 15.5 Å². The first-order valence-electron chi connectivity index (χ1n) is 11.0. The lowest BCUT2D eigenvalue weighted by molar-refractivity contribution is 0.0694. The highest BCUT2D eigenvalue weighted by molar-refractivity contribution is 7.89. The molecule has 0 atom stereocenters. The van der Waals surface area contributed by atoms with Crippen LogP contribution in [0.25, 0.3) is 10.9 Å². The van der Waals surface area contributed by atoms with E-state index in [1.807, 2.05) is 0 Å². The van der Waals surface area contributed by atoms with Gasteiger partial charge in [-0.25, -0.2) is 17.6 Å². The second-order valence-corrected chi connectivity index (χ2v) is 11.9. The van der Waals surface area contributed by atoms with Gasteiger partial charge in [0.25, 0.3) is 0 Å². The van der Waals surface area contributed by atoms with Crippen LogP contribution in [0.1, 0.15) is 29.2 Å². The highest BCUT2D eigenvalue weighted by atomic mass is 35.5. The molecule has 1 aliphatic heterocycles. The zero-order valence-electron chi connectivity index (χ0n) is 18.5. The first kappa shape index (κ1) is 25.3. The molecular weight excluding hydrogens is 556 g/mol. The molecule has 1 saturated heterocycles. The Balaban J connectivity index is 1.46. The van der Waals surface area contributed by atoms with Crippen LogP contribution in [0.2, 0.25) is 15.1 Å². The van der Waals surface area contributed by atoms with Crippen LogP contribution in [0.4, 0.5) is 10.1 Å². The molecule has 1 saturated carbocycles. The zero-order chi connectivity index (χ0) is 25.9. The number of benzene rings is 2. The maximum atomic E-state index is 15.2. The SMILES string of the molecule is O=C(O)c1cn(C2CC2)c2cc(N3CCN(S(=O)(=O)c4c(Cl)cc(Cl)cc4Cl)CC3)c(F)cc2c1=O. The number of aromatic carboxylic acids is 1. The monoisotopic (exact) mass is 573 g/mol. The quantitative estimate of drug-likeness (QED) is 0.476. The second-order valence-electron chi connectivity index (χ2n) is 8.73. The van der Waals surface area contributed by atoms with Gasteiger partial charge in [0, 0.05) is 48.8 Å². The summed E-state index contributed by atoms with van der Waals surface area (Å²) >= 11 is 18.2. The summed E-state index contributed by atoms with van der Waals surface area (Å²) in [7, 11) is -4.03. The summed E-state index contributed by atoms with van der Waals surface area (Å²) in [5, 5.41) is 9.44. The summed E-state index contributed by atoms with van der Waals surface area (Å²) in [6.07, 6.45) is 2.97. The van der Waals surface area contributed by atoms with E-state index in [2.05, 4.69) is 0 Å². The number of carbonyl (C=O) groups is 1. The average Bonchev–Trinajstić information content (AvgIpc) is 3.63. The molecule has 1 N–H and O–H groups in total. The van der Waals surface area contributed by atoms with E-state index < -0.39 is 32.8 Å². The number of carboxylic acid groups (broad SMARTS) is 1. The first-order valence-corrected chi connectivity index (χ1v) is 13.6. The van der Waals surface area contributed by atoms with Gasteiger partial charge in [0.05, 0.1) is 21.2 Å². The van der Waals surface area contributed by atoms with E-state index in [9.17, 15) is 23.1 Å². The van der Waals surface area contributed by atoms with Crippen LogP contribution in [-0.2, 0) is 10.0 Å². The van der Waals surface area contributed by atoms with Gasteiger partial charge in [-0.15, -0.1) is 0 Å². The summed E-state index contributed by atoms with van der Waals surface area (Å²) in [5.41, 5.74) is -0.495. The minimum Gasteiger partial charge on any atom is -0.477 e. The van der Waals surface area contributed by atoms with Crippen molar-refractivity contribution >= 4 is 67.4 Å². The molecule has 1 aromatic heterocycles. The van der Waals surface area contributed by atoms with Crippen molar-refractivity contribution < 1.29 is 22.7 Å². The standard InChI is InChI=1S/C23H19Cl3FN3O5S/c24-12-7-16(25)22(17(26)8-12)36(34,35)29-5-3-28(4-6-29)20-10-19-14(9-18(20)27)21(31)15(23(32)33)11-30(19)13-1-2-13/h7-11,13H,1-6H2,(H,32,33). The molecule has 0 unspecified atom stereocenters. The molecule has 36 heavy (non-hydrogen) atoms. The third kappa shape index (κ3) is 4.35. The van der Waals surface area contributed by atoms with Crippen molar-refractivity contribution in [2.75, 3.05) is 31.1 Å². The molecule has 13 heteroatoms. The Morgan fingerprint density at radius 2 is 1.61 bits per heavy atom. The minimum absolute atomic E-state index is 0.00344. The van der Waals surface area contributed by atoms with E-state index in [1.165, 1.54) is 28.7 Å². The Morgan fingerprint density at radius 3 is 2.17 bits per heavy atom. The number of hydrogen-bond donors (Lipinski definition) is 1. The van der Waals surface area contributed by atoms with Gasteiger partial charge in [-0.05, 0) is 37.1 Å². The van der Waals surface area contributed by atoms with Gasteiger partial charge in [-0.2, -0.15) is 4.31 Å². The molecule has 8 nitrogen and oxygen atoms in total. The maximum Gasteiger partial charge on any atom is 0.341 e. The lowest BCUT2D eigenvalue weighted by Crippen LogP contribution is -2.49. The number of fused-ring (bicyclic) bond motifs is 1. The number of rotatable bonds is 5. The van der Waals surface area contributed by atoms with Gasteiger partial charge in [0.1, 0.15) is 16.3 Å². The minimum atomic E-state index is -4.03. The van der Waals surface area contributed by atoms with Crippen LogP contribution in [0.5, 0.6) is 0 Å². The topological polar surface area (TPSA) is 99.9 Å². The normalized spacial score (nSPS) is 17.1. The number of piperazine rings is 1. The zero-order valence-corrected chi connectivity index (χ0v) is 21.6. The Morgan fingerprint density at radius 1 is 1.00 bits per heavy atom. The number of hydrogen-bond acceptors (Lipinski definition) is 5. The van der Waals surface area contributed by atoms with Gasteiger partial charge >= 0.3 is 5.97 Å². The lowest BCUT2D eigenvalue weighted by atomic mass is 10.1. The van der Waals surface area contributed by atoms with Gasteiger partial charge < -0.3 is 14.6 Å². The number of sulfonamides is 1. The van der Waals surface area contributed by atoms with Crippen molar-refractivity contribution in [1.82, 2.24) is 8.87 Å². The Kier molecular flexibility index (Phi) is 6.45. The number of carboxylic acids is 1. The van der Waals surface area contributed by atoms with Crippen molar-refractivity contribution in [2.45, 2.75) is 23.8 Å². The fourth-order valence-corrected chi connectivity index (χ4v) is 7.40. The molecule has 2 fully saturated rings. The highest BCUT2D eigenvalue weighted by Gasteiger charge is 2.33. The van der Waals surface area contributed by atoms with Crippen molar-refractivity contribution in [3.05, 3.63) is 67.1 Å². The third-order valence-corrected chi connectivity index (χ3v) is 9.45. The van der Waals surface area contributed by atoms with Crippen LogP contribution in [0.3, 0.4) is 0 Å². The van der Waals surface area contributed by atoms with E-state index in [0.717, 1.165) is 18.9 Å². The third-order valence-electron chi connectivity index (χ3n) is 6.41. The molecule has 0 amide bonds. The molecular formula is C23H19Cl3FN3O5S. The molecule has 190 valence electrons. The fourth-order valence-electron chi connectivity index (χ4n) is 4.48. The van der Waals surface area contributed by atoms with E-state index in [1.54, 1.807) is 9.47 Å². The molecule has 3 aromatic rings. The number of anilines is 1. The van der Waals surface area contributed by atoms with Crippen LogP contribution < -0.4 is 10.3 Å². The smallest absolute Gasteiger partial charge is 0.341 e. The lowest BCUT2D eigenvalue weighted by Gasteiger charge is -2.36. The molecule has 5 rings (SSSR count). The number of aromatic nitrogens is 1. The van der Waals surface area contributed by atoms with Crippen molar-refractivity contribution in [2.24, 2.45) is 0 Å². The van der Waals surface area contributed by atoms with Crippen molar-refractivity contribution in [1.29, 1.82) is 0 Å². The molecule has 0 radical (unpaired) electrons. The Hall–Kier alpha value is -2.37. The molecule has 0 bridgehead atoms. The van der Waals surface area contributed by atoms with E-state index in [4.69, 9.17) is 34.8 Å². The average molecular weight is 575 g/mol. The van der Waals surface area contributed by atoms with Gasteiger partial charge in [-0.3, -0.25) is 4.79 Å². The van der Waals surface area contributed by atoms with Crippen molar-refractivity contribution in [3.8, 4) is 0 Å². The Bertz CT molecular complexity index is 1560. The molecule has 1 aliphatic carbocycles. The summed E-state index contributed by atoms with van der Waals surface area (Å²) in [4.78, 5) is 25.7. The fraction of sp³-hybridized carbons (Fsp3) is 0.304. The first-order chi connectivity index (χ1) is 17.0. The summed E-state index contributed by atoms with van der Waals surface area (Å²) in [6.45, 7) is 0.432. The summed E-state index contributed by atoms with van der Waals surface area (Å²) < 4.78 is 44.6. The number of halogens is 4. The Labute approximate surface area is 220 Å². The van der Waals surface area contributed by atoms with E-state index in [-0.39, 0.29) is 63.3 Å². The van der Waals surface area contributed by atoms with Crippen LogP contribution in [-0.4, -0.2) is 54.5 Å². The van der Waals surface area contributed by atoms with Crippen LogP contribution in [0, 0.1) is 5.82 Å². The van der Waals surface area contributed by atoms with Crippen LogP contribution in [0.15, 0.2) is 40.2 Å². The summed E-state index contributed by atoms with van der Waals surface area (Å²) in [6, 6.07) is 5.25. The molecule has 2 aromatic carbocycles. The summed E-state index contributed by atoms with van der Waals surface area (Å²) in [5.74, 6) is -2.05. The number of nitrogens with zero attached hydrogens (tertiary/aromatic N) is 3. The predicted molar refractivity (Wildman–Crippen MR) is 136 cm³/mol. The van der Waals surface area contributed by atoms with E-state index >= 15 is 4.39 Å². The van der Waals surface area contributed by atoms with E-state index in [0.29, 0.717) is 5.52 Å². The van der Waals surface area contributed by atoms with Gasteiger partial charge in [0.15, 0.2) is 0 Å².